The van der Waals surface area contributed by atoms with Gasteiger partial charge in [0.15, 0.2) is 11.5 Å². The van der Waals surface area contributed by atoms with Gasteiger partial charge in [-0.3, -0.25) is 0 Å². The van der Waals surface area contributed by atoms with E-state index in [-0.39, 0.29) is 17.3 Å². The molecule has 4 N–H and O–H groups in total. The van der Waals surface area contributed by atoms with Crippen LogP contribution in [-0.4, -0.2) is 17.1 Å². The van der Waals surface area contributed by atoms with Crippen LogP contribution in [0.4, 0.5) is 11.8 Å². The lowest BCUT2D eigenvalue weighted by atomic mass is 10.0. The second-order valence-corrected chi connectivity index (χ2v) is 6.32. The van der Waals surface area contributed by atoms with Crippen LogP contribution in [0.25, 0.3) is 11.3 Å². The number of aryl methyl sites for hydroxylation is 1. The van der Waals surface area contributed by atoms with Crippen molar-refractivity contribution in [1.82, 2.24) is 9.97 Å². The topological polar surface area (TPSA) is 120 Å². The minimum atomic E-state index is 0.000663. The van der Waals surface area contributed by atoms with Crippen molar-refractivity contribution in [2.75, 3.05) is 18.6 Å². The summed E-state index contributed by atoms with van der Waals surface area (Å²) in [5.41, 5.74) is 16.2. The van der Waals surface area contributed by atoms with Crippen molar-refractivity contribution in [1.29, 1.82) is 5.26 Å². The smallest absolute Gasteiger partial charge is 0.222 e. The lowest BCUT2D eigenvalue weighted by molar-refractivity contribution is 0.284. The summed E-state index contributed by atoms with van der Waals surface area (Å²) in [6.45, 7) is 4.56. The lowest BCUT2D eigenvalue weighted by Crippen LogP contribution is -2.05. The molecule has 0 bridgehead atoms. The van der Waals surface area contributed by atoms with E-state index in [1.165, 1.54) is 11.1 Å². The molecule has 0 amide bonds. The van der Waals surface area contributed by atoms with E-state index in [1.807, 2.05) is 18.2 Å². The Labute approximate surface area is 163 Å². The molecule has 0 unspecified atom stereocenters. The van der Waals surface area contributed by atoms with Gasteiger partial charge >= 0.3 is 0 Å². The molecule has 0 aliphatic heterocycles. The van der Waals surface area contributed by atoms with Gasteiger partial charge in [0.1, 0.15) is 24.1 Å². The van der Waals surface area contributed by atoms with E-state index in [0.717, 1.165) is 5.56 Å². The van der Waals surface area contributed by atoms with Crippen LogP contribution in [0.2, 0.25) is 0 Å². The summed E-state index contributed by atoms with van der Waals surface area (Å²) in [4.78, 5) is 8.00. The van der Waals surface area contributed by atoms with Crippen LogP contribution in [0.5, 0.6) is 11.5 Å². The predicted molar refractivity (Wildman–Crippen MR) is 108 cm³/mol. The minimum absolute atomic E-state index is 0.000663. The highest BCUT2D eigenvalue weighted by atomic mass is 16.5. The maximum atomic E-state index is 9.38. The van der Waals surface area contributed by atoms with Crippen LogP contribution in [0.15, 0.2) is 36.4 Å². The Bertz CT molecular complexity index is 1070. The summed E-state index contributed by atoms with van der Waals surface area (Å²) in [6.07, 6.45) is 0. The molecule has 0 fully saturated rings. The van der Waals surface area contributed by atoms with E-state index in [2.05, 4.69) is 29.9 Å². The number of anilines is 2. The molecule has 1 heterocycles. The number of benzene rings is 2. The molecular weight excluding hydrogens is 354 g/mol. The average molecular weight is 375 g/mol. The van der Waals surface area contributed by atoms with Crippen LogP contribution in [0.3, 0.4) is 0 Å². The summed E-state index contributed by atoms with van der Waals surface area (Å²) in [6, 6.07) is 13.4. The van der Waals surface area contributed by atoms with Gasteiger partial charge in [0.2, 0.25) is 5.95 Å². The zero-order valence-electron chi connectivity index (χ0n) is 16.0. The second-order valence-electron chi connectivity index (χ2n) is 6.32. The Hall–Kier alpha value is -3.79. The fourth-order valence-electron chi connectivity index (χ4n) is 2.87. The van der Waals surface area contributed by atoms with E-state index in [1.54, 1.807) is 25.3 Å². The molecule has 142 valence electrons. The highest BCUT2D eigenvalue weighted by Crippen LogP contribution is 2.34. The predicted octanol–water partition coefficient (Wildman–Crippen LogP) is 3.38. The zero-order valence-corrected chi connectivity index (χ0v) is 16.0. The number of ether oxygens (including phenoxy) is 2. The molecule has 7 nitrogen and oxygen atoms in total. The summed E-state index contributed by atoms with van der Waals surface area (Å²) in [7, 11) is 1.55. The fraction of sp³-hybridized carbons (Fsp3) is 0.190. The van der Waals surface area contributed by atoms with Crippen molar-refractivity contribution in [3.63, 3.8) is 0 Å². The third kappa shape index (κ3) is 3.67. The summed E-state index contributed by atoms with van der Waals surface area (Å²) in [5.74, 6) is 1.14. The number of nitrogen functional groups attached to an aromatic ring is 2. The molecule has 7 heteroatoms. The van der Waals surface area contributed by atoms with Gasteiger partial charge < -0.3 is 20.9 Å². The molecule has 3 rings (SSSR count). The first kappa shape index (κ1) is 19.0. The Morgan fingerprint density at radius 1 is 1.07 bits per heavy atom. The number of rotatable bonds is 5. The van der Waals surface area contributed by atoms with Crippen molar-refractivity contribution < 1.29 is 9.47 Å². The SMILES string of the molecule is COc1cc(-c2nc(N)nc(N)c2C#N)ccc1OCc1cccc(C)c1C. The molecule has 0 aliphatic rings. The number of hydrogen-bond acceptors (Lipinski definition) is 7. The van der Waals surface area contributed by atoms with E-state index < -0.39 is 0 Å². The van der Waals surface area contributed by atoms with Gasteiger partial charge in [0, 0.05) is 5.56 Å². The quantitative estimate of drug-likeness (QED) is 0.701. The molecule has 28 heavy (non-hydrogen) atoms. The van der Waals surface area contributed by atoms with Crippen molar-refractivity contribution in [3.05, 3.63) is 58.7 Å². The molecule has 1 aromatic heterocycles. The van der Waals surface area contributed by atoms with Gasteiger partial charge in [-0.25, -0.2) is 4.98 Å². The minimum Gasteiger partial charge on any atom is -0.493 e. The van der Waals surface area contributed by atoms with Gasteiger partial charge in [-0.05, 0) is 48.7 Å². The largest absolute Gasteiger partial charge is 0.493 e. The van der Waals surface area contributed by atoms with E-state index in [4.69, 9.17) is 20.9 Å². The summed E-state index contributed by atoms with van der Waals surface area (Å²) < 4.78 is 11.4. The first-order chi connectivity index (χ1) is 13.4. The number of nitriles is 1. The Kier molecular flexibility index (Phi) is 5.32. The molecule has 3 aromatic rings. The molecule has 0 radical (unpaired) electrons. The molecule has 0 spiro atoms. The van der Waals surface area contributed by atoms with Crippen LogP contribution < -0.4 is 20.9 Å². The number of nitrogens with two attached hydrogens (primary N) is 2. The third-order valence-corrected chi connectivity index (χ3v) is 4.60. The van der Waals surface area contributed by atoms with Crippen molar-refractivity contribution in [3.8, 4) is 28.8 Å². The highest BCUT2D eigenvalue weighted by Gasteiger charge is 2.16. The lowest BCUT2D eigenvalue weighted by Gasteiger charge is -2.14. The Morgan fingerprint density at radius 3 is 2.57 bits per heavy atom. The molecule has 0 saturated carbocycles. The van der Waals surface area contributed by atoms with E-state index >= 15 is 0 Å². The van der Waals surface area contributed by atoms with Crippen LogP contribution >= 0.6 is 0 Å². The maximum absolute atomic E-state index is 9.38. The summed E-state index contributed by atoms with van der Waals surface area (Å²) >= 11 is 0. The third-order valence-electron chi connectivity index (χ3n) is 4.60. The van der Waals surface area contributed by atoms with Gasteiger partial charge in [-0.15, -0.1) is 0 Å². The van der Waals surface area contributed by atoms with Gasteiger partial charge in [-0.1, -0.05) is 18.2 Å². The number of methoxy groups -OCH3 is 1. The second kappa shape index (κ2) is 7.84. The average Bonchev–Trinajstić information content (AvgIpc) is 2.68. The van der Waals surface area contributed by atoms with Crippen molar-refractivity contribution in [2.24, 2.45) is 0 Å². The standard InChI is InChI=1S/C21H21N5O2/c1-12-5-4-6-15(13(12)2)11-28-17-8-7-14(9-18(17)27-3)19-16(10-22)20(23)26-21(24)25-19/h4-9H,11H2,1-3H3,(H4,23,24,25,26). The van der Waals surface area contributed by atoms with Crippen LogP contribution in [-0.2, 0) is 6.61 Å². The Balaban J connectivity index is 1.94. The van der Waals surface area contributed by atoms with Gasteiger partial charge in [0.25, 0.3) is 0 Å². The van der Waals surface area contributed by atoms with E-state index in [9.17, 15) is 5.26 Å². The van der Waals surface area contributed by atoms with Crippen LogP contribution in [0.1, 0.15) is 22.3 Å². The normalized spacial score (nSPS) is 10.4. The van der Waals surface area contributed by atoms with Crippen molar-refractivity contribution >= 4 is 11.8 Å². The first-order valence-corrected chi connectivity index (χ1v) is 8.64. The maximum Gasteiger partial charge on any atom is 0.222 e. The van der Waals surface area contributed by atoms with Gasteiger partial charge in [0.05, 0.1) is 12.8 Å². The molecular formula is C21H21N5O2. The van der Waals surface area contributed by atoms with Crippen molar-refractivity contribution in [2.45, 2.75) is 20.5 Å². The van der Waals surface area contributed by atoms with Gasteiger partial charge in [-0.2, -0.15) is 10.2 Å². The molecule has 2 aromatic carbocycles. The number of nitrogens with zero attached hydrogens (tertiary/aromatic N) is 3. The Morgan fingerprint density at radius 2 is 1.86 bits per heavy atom. The molecule has 0 atom stereocenters. The number of aromatic nitrogens is 2. The summed E-state index contributed by atoms with van der Waals surface area (Å²) in [5, 5.41) is 9.38. The fourth-order valence-corrected chi connectivity index (χ4v) is 2.87. The zero-order chi connectivity index (χ0) is 20.3. The van der Waals surface area contributed by atoms with Crippen LogP contribution in [0, 0.1) is 25.2 Å². The molecule has 0 saturated heterocycles. The highest BCUT2D eigenvalue weighted by molar-refractivity contribution is 5.74. The number of hydrogen-bond donors (Lipinski definition) is 2. The first-order valence-electron chi connectivity index (χ1n) is 8.64. The van der Waals surface area contributed by atoms with E-state index in [0.29, 0.717) is 29.4 Å². The monoisotopic (exact) mass is 375 g/mol. The molecule has 0 aliphatic carbocycles.